The second kappa shape index (κ2) is 10.0. The van der Waals surface area contributed by atoms with Crippen LogP contribution in [0.25, 0.3) is 0 Å². The second-order valence-electron chi connectivity index (χ2n) is 7.25. The van der Waals surface area contributed by atoms with E-state index in [1.54, 1.807) is 0 Å². The SMILES string of the molecule is Cc1ccc(NS(=O)(=O)Cc2ccccc2C(F)(F)F)c(=O)n1C(C(N)=O)C(C)ON=C(N)N. The first-order valence-corrected chi connectivity index (χ1v) is 11.2. The molecule has 186 valence electrons. The predicted octanol–water partition coefficient (Wildman–Crippen LogP) is 0.737. The molecule has 0 spiro atoms. The van der Waals surface area contributed by atoms with Gasteiger partial charge in [-0.05, 0) is 42.8 Å². The predicted molar refractivity (Wildman–Crippen MR) is 118 cm³/mol. The highest BCUT2D eigenvalue weighted by atomic mass is 32.2. The van der Waals surface area contributed by atoms with Crippen molar-refractivity contribution in [2.45, 2.75) is 37.9 Å². The van der Waals surface area contributed by atoms with E-state index >= 15 is 0 Å². The van der Waals surface area contributed by atoms with Gasteiger partial charge in [0.25, 0.3) is 5.56 Å². The van der Waals surface area contributed by atoms with Crippen LogP contribution in [-0.4, -0.2) is 31.0 Å². The largest absolute Gasteiger partial charge is 0.416 e. The molecule has 34 heavy (non-hydrogen) atoms. The Morgan fingerprint density at radius 1 is 1.18 bits per heavy atom. The van der Waals surface area contributed by atoms with Gasteiger partial charge in [0.2, 0.25) is 21.9 Å². The Balaban J connectivity index is 2.46. The molecule has 1 aromatic heterocycles. The molecule has 1 amide bonds. The van der Waals surface area contributed by atoms with Crippen molar-refractivity contribution in [1.82, 2.24) is 4.57 Å². The summed E-state index contributed by atoms with van der Waals surface area (Å²) in [5.41, 5.74) is 12.8. The van der Waals surface area contributed by atoms with Crippen molar-refractivity contribution in [1.29, 1.82) is 0 Å². The van der Waals surface area contributed by atoms with Gasteiger partial charge in [-0.2, -0.15) is 13.2 Å². The van der Waals surface area contributed by atoms with Gasteiger partial charge in [0.1, 0.15) is 5.69 Å². The summed E-state index contributed by atoms with van der Waals surface area (Å²) in [6.07, 6.45) is -5.93. The number of nitrogens with zero attached hydrogens (tertiary/aromatic N) is 2. The highest BCUT2D eigenvalue weighted by Crippen LogP contribution is 2.32. The lowest BCUT2D eigenvalue weighted by Gasteiger charge is -2.24. The van der Waals surface area contributed by atoms with Crippen LogP contribution in [0.2, 0.25) is 0 Å². The highest BCUT2D eigenvalue weighted by Gasteiger charge is 2.34. The van der Waals surface area contributed by atoms with E-state index in [0.717, 1.165) is 28.8 Å². The molecule has 2 aromatic rings. The molecule has 0 radical (unpaired) electrons. The fourth-order valence-corrected chi connectivity index (χ4v) is 4.39. The number of carbonyl (C=O) groups excluding carboxylic acids is 1. The number of nitrogens with one attached hydrogen (secondary N) is 1. The van der Waals surface area contributed by atoms with E-state index in [1.165, 1.54) is 26.0 Å². The number of carbonyl (C=O) groups is 1. The number of benzene rings is 1. The van der Waals surface area contributed by atoms with Crippen molar-refractivity contribution < 1.29 is 31.2 Å². The summed E-state index contributed by atoms with van der Waals surface area (Å²) in [4.78, 5) is 30.1. The fourth-order valence-electron chi connectivity index (χ4n) is 3.17. The number of hydrogen-bond acceptors (Lipinski definition) is 6. The molecule has 0 saturated carbocycles. The maximum absolute atomic E-state index is 13.2. The number of hydrogen-bond donors (Lipinski definition) is 4. The van der Waals surface area contributed by atoms with E-state index in [-0.39, 0.29) is 5.69 Å². The van der Waals surface area contributed by atoms with Crippen molar-refractivity contribution >= 4 is 27.6 Å². The number of oxime groups is 1. The molecule has 1 heterocycles. The van der Waals surface area contributed by atoms with E-state index in [4.69, 9.17) is 22.0 Å². The van der Waals surface area contributed by atoms with Crippen LogP contribution in [0, 0.1) is 6.92 Å². The maximum Gasteiger partial charge on any atom is 0.416 e. The van der Waals surface area contributed by atoms with Gasteiger partial charge < -0.3 is 22.0 Å². The second-order valence-corrected chi connectivity index (χ2v) is 8.98. The average molecular weight is 504 g/mol. The van der Waals surface area contributed by atoms with Crippen LogP contribution in [0.4, 0.5) is 18.9 Å². The Kier molecular flexibility index (Phi) is 7.82. The lowest BCUT2D eigenvalue weighted by atomic mass is 10.1. The quantitative estimate of drug-likeness (QED) is 0.220. The lowest BCUT2D eigenvalue weighted by Crippen LogP contribution is -2.42. The van der Waals surface area contributed by atoms with Gasteiger partial charge in [0.05, 0.1) is 11.3 Å². The Morgan fingerprint density at radius 3 is 2.35 bits per heavy atom. The number of sulfonamides is 1. The molecule has 0 aliphatic rings. The van der Waals surface area contributed by atoms with Gasteiger partial charge in [-0.25, -0.2) is 8.42 Å². The number of aromatic nitrogens is 1. The zero-order chi connectivity index (χ0) is 25.8. The van der Waals surface area contributed by atoms with E-state index in [0.29, 0.717) is 0 Å². The van der Waals surface area contributed by atoms with Crippen LogP contribution in [0.15, 0.2) is 46.3 Å². The number of alkyl halides is 3. The first-order chi connectivity index (χ1) is 15.6. The molecule has 0 aliphatic heterocycles. The summed E-state index contributed by atoms with van der Waals surface area (Å²) in [5, 5.41) is 3.32. The van der Waals surface area contributed by atoms with Gasteiger partial charge in [0, 0.05) is 5.69 Å². The number of primary amides is 1. The molecular weight excluding hydrogens is 481 g/mol. The van der Waals surface area contributed by atoms with Crippen molar-refractivity contribution in [3.63, 3.8) is 0 Å². The topological polar surface area (TPSA) is 185 Å². The number of aryl methyl sites for hydroxylation is 1. The zero-order valence-corrected chi connectivity index (χ0v) is 18.9. The third-order valence-corrected chi connectivity index (χ3v) is 5.81. The Labute approximate surface area is 192 Å². The summed E-state index contributed by atoms with van der Waals surface area (Å²) in [5.74, 6) is -2.53. The van der Waals surface area contributed by atoms with Crippen molar-refractivity contribution in [3.05, 3.63) is 63.6 Å². The third kappa shape index (κ3) is 6.40. The molecule has 11 nitrogen and oxygen atoms in total. The molecule has 0 saturated heterocycles. The number of pyridine rings is 1. The Bertz CT molecular complexity index is 1260. The monoisotopic (exact) mass is 504 g/mol. The van der Waals surface area contributed by atoms with Gasteiger partial charge in [-0.1, -0.05) is 18.2 Å². The smallest absolute Gasteiger partial charge is 0.387 e. The number of anilines is 1. The molecule has 0 aliphatic carbocycles. The van der Waals surface area contributed by atoms with Crippen LogP contribution < -0.4 is 27.5 Å². The first-order valence-electron chi connectivity index (χ1n) is 9.56. The number of guanidine groups is 1. The molecule has 2 rings (SSSR count). The Hall–Kier alpha value is -3.75. The lowest BCUT2D eigenvalue weighted by molar-refractivity contribution is -0.138. The standard InChI is InChI=1S/C19H23F3N6O5S/c1-10-7-8-14(17(30)28(10)15(16(23)29)11(2)33-26-18(24)25)27-34(31,32)9-12-5-3-4-6-13(12)19(20,21)22/h3-8,11,15,27H,9H2,1-2H3,(H2,23,29)(H4,24,25,26). The number of nitrogens with two attached hydrogens (primary N) is 3. The maximum atomic E-state index is 13.2. The fraction of sp³-hybridized carbons (Fsp3) is 0.316. The summed E-state index contributed by atoms with van der Waals surface area (Å²) >= 11 is 0. The minimum atomic E-state index is -4.77. The summed E-state index contributed by atoms with van der Waals surface area (Å²) < 4.78 is 67.7. The number of rotatable bonds is 9. The normalized spacial score (nSPS) is 13.6. The van der Waals surface area contributed by atoms with Gasteiger partial charge in [-0.3, -0.25) is 18.9 Å². The van der Waals surface area contributed by atoms with Crippen LogP contribution in [0.5, 0.6) is 0 Å². The van der Waals surface area contributed by atoms with Crippen molar-refractivity contribution in [2.75, 3.05) is 4.72 Å². The number of halogens is 3. The molecule has 7 N–H and O–H groups in total. The van der Waals surface area contributed by atoms with Gasteiger partial charge >= 0.3 is 6.18 Å². The van der Waals surface area contributed by atoms with E-state index < -0.39 is 68.3 Å². The molecule has 2 unspecified atom stereocenters. The minimum absolute atomic E-state index is 0.208. The molecule has 0 fully saturated rings. The zero-order valence-electron chi connectivity index (χ0n) is 18.0. The summed E-state index contributed by atoms with van der Waals surface area (Å²) in [7, 11) is -4.48. The van der Waals surface area contributed by atoms with Crippen molar-refractivity contribution in [2.24, 2.45) is 22.4 Å². The molecular formula is C19H23F3N6O5S. The van der Waals surface area contributed by atoms with Crippen molar-refractivity contribution in [3.8, 4) is 0 Å². The number of amides is 1. The summed E-state index contributed by atoms with van der Waals surface area (Å²) in [6, 6.07) is 5.12. The molecule has 2 atom stereocenters. The Morgan fingerprint density at radius 2 is 1.79 bits per heavy atom. The highest BCUT2D eigenvalue weighted by molar-refractivity contribution is 7.91. The van der Waals surface area contributed by atoms with Crippen LogP contribution in [0.3, 0.4) is 0 Å². The van der Waals surface area contributed by atoms with Crippen LogP contribution in [0.1, 0.15) is 29.8 Å². The van der Waals surface area contributed by atoms with E-state index in [1.807, 2.05) is 4.72 Å². The van der Waals surface area contributed by atoms with E-state index in [9.17, 15) is 31.2 Å². The van der Waals surface area contributed by atoms with Gasteiger partial charge in [0.15, 0.2) is 12.1 Å². The van der Waals surface area contributed by atoms with Crippen LogP contribution >= 0.6 is 0 Å². The van der Waals surface area contributed by atoms with Gasteiger partial charge in [-0.15, -0.1) is 0 Å². The third-order valence-electron chi connectivity index (χ3n) is 4.59. The van der Waals surface area contributed by atoms with Crippen LogP contribution in [-0.2, 0) is 31.6 Å². The molecule has 1 aromatic carbocycles. The molecule has 0 bridgehead atoms. The summed E-state index contributed by atoms with van der Waals surface area (Å²) in [6.45, 7) is 2.79. The first kappa shape index (κ1) is 26.5. The average Bonchev–Trinajstić information content (AvgIpc) is 2.70. The van der Waals surface area contributed by atoms with E-state index in [2.05, 4.69) is 5.16 Å². The molecule has 15 heteroatoms. The minimum Gasteiger partial charge on any atom is -0.387 e.